The molecule has 1 amide bonds. The topological polar surface area (TPSA) is 32.3 Å². The number of nitrogens with zero attached hydrogens (tertiary/aromatic N) is 1. The number of rotatable bonds is 8. The first-order valence-electron chi connectivity index (χ1n) is 7.41. The molecule has 0 saturated carbocycles. The van der Waals surface area contributed by atoms with E-state index in [2.05, 4.69) is 24.1 Å². The van der Waals surface area contributed by atoms with Gasteiger partial charge in [0, 0.05) is 12.1 Å². The minimum atomic E-state index is 0.0217. The van der Waals surface area contributed by atoms with Gasteiger partial charge >= 0.3 is 0 Å². The third kappa shape index (κ3) is 6.02. The van der Waals surface area contributed by atoms with E-state index >= 15 is 0 Å². The minimum Gasteiger partial charge on any atom is -0.352 e. The molecule has 3 nitrogen and oxygen atoms in total. The lowest BCUT2D eigenvalue weighted by Crippen LogP contribution is -2.30. The Hall–Kier alpha value is -1.61. The third-order valence-electron chi connectivity index (χ3n) is 3.37. The zero-order chi connectivity index (χ0) is 14.8. The predicted octanol–water partition coefficient (Wildman–Crippen LogP) is 2.94. The molecule has 0 bridgehead atoms. The SMILES string of the molecule is CCN(CC)CCCNC(=O)C(C)=Cc1ccccc1. The lowest BCUT2D eigenvalue weighted by Gasteiger charge is -2.17. The van der Waals surface area contributed by atoms with Crippen LogP contribution in [0.5, 0.6) is 0 Å². The van der Waals surface area contributed by atoms with Crippen molar-refractivity contribution < 1.29 is 4.79 Å². The van der Waals surface area contributed by atoms with Gasteiger partial charge in [-0.1, -0.05) is 44.2 Å². The standard InChI is InChI=1S/C17H26N2O/c1-4-19(5-2)13-9-12-18-17(20)15(3)14-16-10-7-6-8-11-16/h6-8,10-11,14H,4-5,9,12-13H2,1-3H3,(H,18,20). The fourth-order valence-corrected chi connectivity index (χ4v) is 2.05. The Morgan fingerprint density at radius 1 is 1.20 bits per heavy atom. The van der Waals surface area contributed by atoms with Gasteiger partial charge in [0.15, 0.2) is 0 Å². The lowest BCUT2D eigenvalue weighted by atomic mass is 10.1. The van der Waals surface area contributed by atoms with Crippen molar-refractivity contribution in [3.63, 3.8) is 0 Å². The van der Waals surface area contributed by atoms with E-state index in [0.29, 0.717) is 0 Å². The quantitative estimate of drug-likeness (QED) is 0.584. The van der Waals surface area contributed by atoms with Crippen molar-refractivity contribution >= 4 is 12.0 Å². The van der Waals surface area contributed by atoms with Crippen LogP contribution in [-0.2, 0) is 4.79 Å². The fourth-order valence-electron chi connectivity index (χ4n) is 2.05. The van der Waals surface area contributed by atoms with E-state index < -0.39 is 0 Å². The van der Waals surface area contributed by atoms with Crippen molar-refractivity contribution in [2.24, 2.45) is 0 Å². The average molecular weight is 274 g/mol. The number of carbonyl (C=O) groups is 1. The number of nitrogens with one attached hydrogen (secondary N) is 1. The molecule has 0 aliphatic rings. The Kier molecular flexibility index (Phi) is 7.66. The molecule has 20 heavy (non-hydrogen) atoms. The number of hydrogen-bond acceptors (Lipinski definition) is 2. The van der Waals surface area contributed by atoms with Crippen LogP contribution in [0.3, 0.4) is 0 Å². The molecular weight excluding hydrogens is 248 g/mol. The number of benzene rings is 1. The van der Waals surface area contributed by atoms with Gasteiger partial charge in [0.05, 0.1) is 0 Å². The van der Waals surface area contributed by atoms with Gasteiger partial charge < -0.3 is 10.2 Å². The van der Waals surface area contributed by atoms with Crippen molar-refractivity contribution in [2.75, 3.05) is 26.2 Å². The molecular formula is C17H26N2O. The Bertz CT molecular complexity index is 422. The Morgan fingerprint density at radius 2 is 1.85 bits per heavy atom. The van der Waals surface area contributed by atoms with Crippen LogP contribution < -0.4 is 5.32 Å². The summed E-state index contributed by atoms with van der Waals surface area (Å²) in [5.74, 6) is 0.0217. The molecule has 0 atom stereocenters. The first-order valence-corrected chi connectivity index (χ1v) is 7.41. The van der Waals surface area contributed by atoms with Gasteiger partial charge in [-0.2, -0.15) is 0 Å². The van der Waals surface area contributed by atoms with Crippen LogP contribution in [-0.4, -0.2) is 37.0 Å². The van der Waals surface area contributed by atoms with Gasteiger partial charge in [0.2, 0.25) is 5.91 Å². The molecule has 0 radical (unpaired) electrons. The van der Waals surface area contributed by atoms with E-state index in [-0.39, 0.29) is 5.91 Å². The predicted molar refractivity (Wildman–Crippen MR) is 85.5 cm³/mol. The average Bonchev–Trinajstić information content (AvgIpc) is 2.48. The van der Waals surface area contributed by atoms with E-state index in [9.17, 15) is 4.79 Å². The van der Waals surface area contributed by atoms with E-state index in [4.69, 9.17) is 0 Å². The molecule has 0 aliphatic heterocycles. The number of hydrogen-bond donors (Lipinski definition) is 1. The zero-order valence-electron chi connectivity index (χ0n) is 12.9. The van der Waals surface area contributed by atoms with Crippen LogP contribution in [0.1, 0.15) is 32.8 Å². The van der Waals surface area contributed by atoms with Gasteiger partial charge in [0.1, 0.15) is 0 Å². The first kappa shape index (κ1) is 16.4. The summed E-state index contributed by atoms with van der Waals surface area (Å²) in [7, 11) is 0. The lowest BCUT2D eigenvalue weighted by molar-refractivity contribution is -0.117. The van der Waals surface area contributed by atoms with Crippen LogP contribution in [0, 0.1) is 0 Å². The third-order valence-corrected chi connectivity index (χ3v) is 3.37. The van der Waals surface area contributed by atoms with E-state index in [1.54, 1.807) is 0 Å². The highest BCUT2D eigenvalue weighted by molar-refractivity contribution is 5.97. The maximum atomic E-state index is 11.9. The monoisotopic (exact) mass is 274 g/mol. The van der Waals surface area contributed by atoms with Gasteiger partial charge in [-0.3, -0.25) is 4.79 Å². The molecule has 110 valence electrons. The van der Waals surface area contributed by atoms with Gasteiger partial charge in [0.25, 0.3) is 0 Å². The molecule has 3 heteroatoms. The second-order valence-electron chi connectivity index (χ2n) is 4.87. The molecule has 0 heterocycles. The van der Waals surface area contributed by atoms with Gasteiger partial charge in [-0.25, -0.2) is 0 Å². The molecule has 0 aliphatic carbocycles. The van der Waals surface area contributed by atoms with Crippen LogP contribution >= 0.6 is 0 Å². The van der Waals surface area contributed by atoms with Crippen LogP contribution in [0.15, 0.2) is 35.9 Å². The van der Waals surface area contributed by atoms with E-state index in [1.807, 2.05) is 43.3 Å². The normalized spacial score (nSPS) is 11.7. The van der Waals surface area contributed by atoms with Crippen LogP contribution in [0.2, 0.25) is 0 Å². The molecule has 0 unspecified atom stereocenters. The molecule has 1 aromatic carbocycles. The minimum absolute atomic E-state index is 0.0217. The van der Waals surface area contributed by atoms with Crippen LogP contribution in [0.25, 0.3) is 6.08 Å². The molecule has 0 spiro atoms. The summed E-state index contributed by atoms with van der Waals surface area (Å²) in [6.07, 6.45) is 2.91. The molecule has 0 saturated heterocycles. The van der Waals surface area contributed by atoms with E-state index in [0.717, 1.165) is 43.7 Å². The second kappa shape index (κ2) is 9.32. The number of amides is 1. The van der Waals surface area contributed by atoms with E-state index in [1.165, 1.54) is 0 Å². The largest absolute Gasteiger partial charge is 0.352 e. The summed E-state index contributed by atoms with van der Waals surface area (Å²) >= 11 is 0. The van der Waals surface area contributed by atoms with Crippen LogP contribution in [0.4, 0.5) is 0 Å². The van der Waals surface area contributed by atoms with Crippen molar-refractivity contribution in [3.05, 3.63) is 41.5 Å². The molecule has 1 N–H and O–H groups in total. The summed E-state index contributed by atoms with van der Waals surface area (Å²) in [5, 5.41) is 2.97. The van der Waals surface area contributed by atoms with Crippen molar-refractivity contribution in [1.29, 1.82) is 0 Å². The highest BCUT2D eigenvalue weighted by Gasteiger charge is 2.04. The molecule has 1 aromatic rings. The summed E-state index contributed by atoms with van der Waals surface area (Å²) in [5.41, 5.74) is 1.81. The first-order chi connectivity index (χ1) is 9.67. The summed E-state index contributed by atoms with van der Waals surface area (Å²) in [6.45, 7) is 10.1. The highest BCUT2D eigenvalue weighted by Crippen LogP contribution is 2.05. The summed E-state index contributed by atoms with van der Waals surface area (Å²) in [4.78, 5) is 14.3. The van der Waals surface area contributed by atoms with Gasteiger partial charge in [-0.05, 0) is 44.6 Å². The van der Waals surface area contributed by atoms with Crippen molar-refractivity contribution in [3.8, 4) is 0 Å². The van der Waals surface area contributed by atoms with Gasteiger partial charge in [-0.15, -0.1) is 0 Å². The zero-order valence-corrected chi connectivity index (χ0v) is 12.9. The Labute approximate surface area is 122 Å². The van der Waals surface area contributed by atoms with Crippen molar-refractivity contribution in [1.82, 2.24) is 10.2 Å². The molecule has 0 fully saturated rings. The maximum absolute atomic E-state index is 11.9. The summed E-state index contributed by atoms with van der Waals surface area (Å²) < 4.78 is 0. The smallest absolute Gasteiger partial charge is 0.246 e. The number of carbonyl (C=O) groups excluding carboxylic acids is 1. The summed E-state index contributed by atoms with van der Waals surface area (Å²) in [6, 6.07) is 9.91. The highest BCUT2D eigenvalue weighted by atomic mass is 16.1. The Morgan fingerprint density at radius 3 is 2.45 bits per heavy atom. The fraction of sp³-hybridized carbons (Fsp3) is 0.471. The second-order valence-corrected chi connectivity index (χ2v) is 4.87. The Balaban J connectivity index is 2.34. The molecule has 0 aromatic heterocycles. The molecule has 1 rings (SSSR count). The van der Waals surface area contributed by atoms with Crippen molar-refractivity contribution in [2.45, 2.75) is 27.2 Å². The maximum Gasteiger partial charge on any atom is 0.246 e.